The lowest BCUT2D eigenvalue weighted by Gasteiger charge is -2.24. The molecule has 145 heavy (non-hydrogen) atoms. The van der Waals surface area contributed by atoms with Gasteiger partial charge in [0.05, 0.1) is 64.5 Å². The van der Waals surface area contributed by atoms with Crippen LogP contribution in [0.4, 0.5) is 53.5 Å². The Morgan fingerprint density at radius 1 is 0.462 bits per heavy atom. The smallest absolute Gasteiger partial charge is 0.393 e. The molecule has 5 saturated heterocycles. The largest absolute Gasteiger partial charge is 0.523 e. The Morgan fingerprint density at radius 3 is 1.19 bits per heavy atom. The van der Waals surface area contributed by atoms with Crippen molar-refractivity contribution in [2.24, 2.45) is 5.73 Å². The number of Topliss-reactive ketones (excluding diaryl/α,β-unsaturated/α-hetero) is 2. The molecule has 5 aliphatic carbocycles. The maximum absolute atomic E-state index is 11.5. The molecule has 0 aromatic carbocycles. The van der Waals surface area contributed by atoms with Crippen LogP contribution in [0.2, 0.25) is 20.6 Å². The lowest BCUT2D eigenvalue weighted by atomic mass is 10.2. The summed E-state index contributed by atoms with van der Waals surface area (Å²) in [4.78, 5) is 84.7. The number of thioether (sulfide) groups is 5. The highest BCUT2D eigenvalue weighted by Crippen LogP contribution is 2.50. The van der Waals surface area contributed by atoms with Gasteiger partial charge in [-0.1, -0.05) is 150 Å². The fraction of sp³-hybridized carbons (Fsp3) is 0.732. The topological polar surface area (TPSA) is 705 Å². The minimum absolute atomic E-state index is 0.0276. The molecule has 0 radical (unpaired) electrons. The van der Waals surface area contributed by atoms with Crippen LogP contribution in [0, 0.1) is 20.2 Å². The lowest BCUT2D eigenvalue weighted by Crippen LogP contribution is -2.35. The number of nitrogens with two attached hydrogens (primary N) is 4. The van der Waals surface area contributed by atoms with E-state index in [0.29, 0.717) is 97.5 Å². The number of aliphatic hydroxyl groups excluding tert-OH is 6. The number of fused-ring (bicyclic) bond motifs is 7. The van der Waals surface area contributed by atoms with Gasteiger partial charge in [0, 0.05) is 47.6 Å². The molecule has 0 bridgehead atoms. The quantitative estimate of drug-likeness (QED) is 0.00367. The Labute approximate surface area is 871 Å². The van der Waals surface area contributed by atoms with Gasteiger partial charge >= 0.3 is 27.0 Å². The highest BCUT2D eigenvalue weighted by molar-refractivity contribution is 8.00. The Bertz CT molecular complexity index is 5740. The van der Waals surface area contributed by atoms with Crippen molar-refractivity contribution in [3.05, 3.63) is 40.8 Å². The van der Waals surface area contributed by atoms with Crippen molar-refractivity contribution < 1.29 is 128 Å². The fourth-order valence-electron chi connectivity index (χ4n) is 16.6. The zero-order valence-electron chi connectivity index (χ0n) is 81.3. The molecule has 50 nitrogen and oxygen atoms in total. The van der Waals surface area contributed by atoms with Crippen LogP contribution in [0.25, 0.3) is 22.3 Å². The van der Waals surface area contributed by atoms with Gasteiger partial charge in [0.1, 0.15) is 93.2 Å². The number of rotatable bonds is 31. The number of hydrogen-bond donors (Lipinski definition) is 12. The maximum atomic E-state index is 11.5. The Hall–Kier alpha value is -6.77. The molecule has 20 atom stereocenters. The van der Waals surface area contributed by atoms with Gasteiger partial charge in [-0.3, -0.25) is 34.0 Å². The first-order valence-electron chi connectivity index (χ1n) is 45.9. The lowest BCUT2D eigenvalue weighted by molar-refractivity contribution is -0.385. The molecule has 17 rings (SSSR count). The number of hydrogen-bond acceptors (Lipinski definition) is 51. The van der Waals surface area contributed by atoms with Gasteiger partial charge in [0.15, 0.2) is 111 Å². The summed E-state index contributed by atoms with van der Waals surface area (Å²) >= 11 is 30.7. The van der Waals surface area contributed by atoms with E-state index in [9.17, 15) is 71.8 Å². The summed E-state index contributed by atoms with van der Waals surface area (Å²) in [7, 11) is -5.73. The van der Waals surface area contributed by atoms with Crippen LogP contribution >= 0.6 is 105 Å². The normalized spacial score (nSPS) is 28.0. The average Bonchev–Trinajstić information content (AvgIpc) is 1.58. The molecule has 7 aromatic rings. The summed E-state index contributed by atoms with van der Waals surface area (Å²) in [5, 5.41) is 104. The number of anilines is 5. The molecule has 0 amide bonds. The molecular weight excluding hydrogens is 2130 g/mol. The van der Waals surface area contributed by atoms with E-state index in [4.69, 9.17) is 132 Å². The predicted octanol–water partition coefficient (Wildman–Crippen LogP) is 8.94. The van der Waals surface area contributed by atoms with E-state index >= 15 is 0 Å². The maximum Gasteiger partial charge on any atom is 0.523 e. The van der Waals surface area contributed by atoms with E-state index in [0.717, 1.165) is 60.9 Å². The Balaban J connectivity index is 0.000000165. The second-order valence-corrected chi connectivity index (χ2v) is 44.8. The van der Waals surface area contributed by atoms with Crippen molar-refractivity contribution in [3.8, 4) is 0 Å². The SMILES string of the molecule is CC1(C)O[C@@H]2[C@H](O1)[C@@H](O)C[C@H]2N.CCCSc1nc(Cl)c(N)c(N[C@@H]2C[C@H](O)[C@H]3OC(C)(C)O[C@H]32)n1.CCCSc1nc(Cl)c([N+](=O)[O-])c(Cl)n1.CCCSc1nc(Cl)c([N+](=O)[O-])c(N[C@@H]2C[C@H](O)[C@H]3OC(C)(C)O[C@H]32)n1.CCCSc1nc(N)c2nnn([C@@H]3C[C@H](O)[C@H]4OC(C)(C)O[C@H]43)c2n1.CCCSc1nc(N)c2nnn([C@@H]3C[C@H](OCC(=O)CO)[C@H]4OC(C)(C)O[C@H]43)c2n1.O=C(CO)COS(=O)(=O)C(F)(F)F. The van der Waals surface area contributed by atoms with Gasteiger partial charge in [-0.05, 0) is 121 Å². The zero-order chi connectivity index (χ0) is 107. The van der Waals surface area contributed by atoms with Crippen molar-refractivity contribution >= 4 is 190 Å². The molecule has 10 fully saturated rings. The third kappa shape index (κ3) is 30.0. The second kappa shape index (κ2) is 50.2. The van der Waals surface area contributed by atoms with Crippen molar-refractivity contribution in [1.29, 1.82) is 0 Å². The van der Waals surface area contributed by atoms with E-state index < -0.39 is 140 Å². The molecule has 0 spiro atoms. The Kier molecular flexibility index (Phi) is 41.0. The highest BCUT2D eigenvalue weighted by Gasteiger charge is 2.60. The first-order chi connectivity index (χ1) is 68.0. The number of halogens is 7. The van der Waals surface area contributed by atoms with Crippen LogP contribution in [0.15, 0.2) is 25.8 Å². The van der Waals surface area contributed by atoms with Gasteiger partial charge in [0.25, 0.3) is 0 Å². The summed E-state index contributed by atoms with van der Waals surface area (Å²) in [5.74, 6) is 0.142. The van der Waals surface area contributed by atoms with E-state index in [-0.39, 0.29) is 118 Å². The second-order valence-electron chi connectivity index (χ2n) is 36.4. The molecule has 5 saturated carbocycles. The average molecular weight is 2250 g/mol. The van der Waals surface area contributed by atoms with Gasteiger partial charge in [-0.25, -0.2) is 54.2 Å². The molecule has 808 valence electrons. The third-order valence-corrected chi connectivity index (χ3v) is 29.9. The standard InChI is InChI=1S/C18H26N6O5S.C15H21ClN4O5S.C15H23ClN4O3S.C15H22N6O3S.C8H15NO3.C7H7Cl2N3O2S.C4H5F3O5S/c1-4-5-30-17-20-15(19)12-16(21-17)24(23-22-12)10-6-11(27-8-9(26)7-25)14-13(10)28-18(2,3)29-14;1-4-5-26-14-18-12(16)9(20(22)23)13(19-14)17-7-6-8(21)11-10(7)24-15(2,3)25-11;1-4-5-24-14-19-12(16)9(17)13(20-14)18-7-6-8(21)11-10(7)22-15(2,3)23-11;1-4-5-25-14-17-12(16)9-13(18-14)21(20-19-9)7-6-8(22)11-10(7)23-15(2,3)24-11;1-8(2)11-6-4(9)3-5(10)7(6)12-8;1-2-3-15-7-10-5(8)4(12(13)14)6(9)11-7;5-4(6,7)13(10,11)12-2-3(9)1-8/h10-11,13-14,25H,4-8H2,1-3H3,(H2,19,20,21);7-8,10-11,21H,4-6H2,1-3H3,(H,17,18,19);7-8,10-11,21H,4-6,17H2,1-3H3,(H,18,19,20);7-8,10-11,22H,4-6H2,1-3H3,(H2,16,17,18);4-7,10H,3,9H2,1-2H3;2-3H2,1H3;8H,1-2H2/t10-,11+,13+,14-;3*7-,8+,10+,11-;4-,5+,6+,7-;;/m11111../s1. The van der Waals surface area contributed by atoms with Crippen molar-refractivity contribution in [1.82, 2.24) is 79.8 Å². The monoisotopic (exact) mass is 2240 g/mol. The van der Waals surface area contributed by atoms with Gasteiger partial charge < -0.3 is 116 Å². The van der Waals surface area contributed by atoms with Crippen molar-refractivity contribution in [3.63, 3.8) is 0 Å². The van der Waals surface area contributed by atoms with Gasteiger partial charge in [-0.15, -0.1) is 10.2 Å². The van der Waals surface area contributed by atoms with Crippen LogP contribution in [-0.4, -0.2) is 340 Å². The highest BCUT2D eigenvalue weighted by atomic mass is 35.5. The first kappa shape index (κ1) is 118. The summed E-state index contributed by atoms with van der Waals surface area (Å²) < 4.78 is 125. The van der Waals surface area contributed by atoms with E-state index in [1.54, 1.807) is 35.0 Å². The molecule has 16 N–H and O–H groups in total. The molecule has 63 heteroatoms. The number of nitrogens with one attached hydrogen (secondary N) is 2. The Morgan fingerprint density at radius 2 is 0.786 bits per heavy atom. The van der Waals surface area contributed by atoms with Crippen molar-refractivity contribution in [2.75, 3.05) is 83.0 Å². The summed E-state index contributed by atoms with van der Waals surface area (Å²) in [6.45, 7) is 25.4. The van der Waals surface area contributed by atoms with Gasteiger partial charge in [-0.2, -0.15) is 26.6 Å². The summed E-state index contributed by atoms with van der Waals surface area (Å²) in [5.41, 5.74) is 19.8. The van der Waals surface area contributed by atoms with E-state index in [1.165, 1.54) is 47.0 Å². The first-order valence-corrected chi connectivity index (χ1v) is 53.8. The third-order valence-electron chi connectivity index (χ3n) is 22.6. The number of nitrogen functional groups attached to an aromatic ring is 3. The number of alkyl halides is 3. The summed E-state index contributed by atoms with van der Waals surface area (Å²) in [6, 6.07) is -1.14. The number of carbonyl (C=O) groups excluding carboxylic acids is 2. The van der Waals surface area contributed by atoms with E-state index in [2.05, 4.69) is 106 Å². The van der Waals surface area contributed by atoms with Crippen LogP contribution in [0.5, 0.6) is 0 Å². The van der Waals surface area contributed by atoms with Crippen molar-refractivity contribution in [2.45, 2.75) is 350 Å². The molecular formula is C82H119Cl4F3N24O26S6. The number of aliphatic hydroxyl groups is 6. The number of nitrogens with zero attached hydrogens (tertiary/aromatic N) is 18. The fourth-order valence-corrected chi connectivity index (χ4v) is 21.7. The van der Waals surface area contributed by atoms with Crippen LogP contribution in [0.3, 0.4) is 0 Å². The minimum atomic E-state index is -5.73. The predicted molar refractivity (Wildman–Crippen MR) is 526 cm³/mol. The molecule has 10 aliphatic rings. The number of ether oxygens (including phenoxy) is 11. The van der Waals surface area contributed by atoms with Crippen LogP contribution in [0.1, 0.15) is 180 Å². The van der Waals surface area contributed by atoms with Crippen LogP contribution < -0.4 is 33.6 Å². The van der Waals surface area contributed by atoms with E-state index in [1.807, 2.05) is 69.2 Å². The van der Waals surface area contributed by atoms with Gasteiger partial charge in [0.2, 0.25) is 21.3 Å². The number of ketones is 2. The van der Waals surface area contributed by atoms with Crippen LogP contribution in [-0.2, 0) is 76.0 Å². The summed E-state index contributed by atoms with van der Waals surface area (Å²) in [6.07, 6.45) is 1.04. The zero-order valence-corrected chi connectivity index (χ0v) is 89.2. The number of aromatic nitrogens is 16. The molecule has 12 heterocycles. The minimum Gasteiger partial charge on any atom is -0.393 e. The number of carbonyl (C=O) groups is 2. The number of nitro groups is 2. The molecule has 5 aliphatic heterocycles. The molecule has 7 aromatic heterocycles. The molecule has 0 unspecified atom stereocenters.